The molecule has 1 saturated carbocycles. The van der Waals surface area contributed by atoms with Crippen LogP contribution in [0.2, 0.25) is 0 Å². The SMILES string of the molecule is Cc1cc(=O)c2cc3c(cc2o1)O[C@](C)(C1CCCCC1)[C@H](OOC[C@H](O)[C@](O)(CN1CC=C2N=CC=C21)[C@H](O)[C@H](O)CO)C3. The molecule has 12 nitrogen and oxygen atoms in total. The number of hydrogen-bond donors (Lipinski definition) is 5. The van der Waals surface area contributed by atoms with Crippen LogP contribution in [0.15, 0.2) is 55.9 Å². The van der Waals surface area contributed by atoms with Gasteiger partial charge in [0.2, 0.25) is 0 Å². The van der Waals surface area contributed by atoms with Crippen LogP contribution in [0.25, 0.3) is 11.0 Å². The summed E-state index contributed by atoms with van der Waals surface area (Å²) in [5.74, 6) is 1.27. The summed E-state index contributed by atoms with van der Waals surface area (Å²) in [6.07, 6.45) is 4.71. The maximum Gasteiger partial charge on any atom is 0.192 e. The quantitative estimate of drug-likeness (QED) is 0.181. The van der Waals surface area contributed by atoms with E-state index in [1.54, 1.807) is 36.2 Å². The number of aliphatic hydroxyl groups excluding tert-OH is 4. The minimum Gasteiger partial charge on any atom is -0.484 e. The average molecular weight is 627 g/mol. The lowest BCUT2D eigenvalue weighted by Crippen LogP contribution is -2.63. The number of hydrogen-bond acceptors (Lipinski definition) is 12. The van der Waals surface area contributed by atoms with E-state index < -0.39 is 48.8 Å². The van der Waals surface area contributed by atoms with E-state index in [0.717, 1.165) is 37.7 Å². The Labute approximate surface area is 260 Å². The van der Waals surface area contributed by atoms with E-state index in [0.29, 0.717) is 46.8 Å². The minimum absolute atomic E-state index is 0.148. The number of fused-ring (bicyclic) bond motifs is 3. The fourth-order valence-corrected chi connectivity index (χ4v) is 7.13. The highest BCUT2D eigenvalue weighted by atomic mass is 17.2. The van der Waals surface area contributed by atoms with Crippen molar-refractivity contribution < 1.29 is 44.5 Å². The maximum absolute atomic E-state index is 12.7. The van der Waals surface area contributed by atoms with Crippen LogP contribution in [0.1, 0.15) is 50.4 Å². The van der Waals surface area contributed by atoms with Crippen molar-refractivity contribution in [2.75, 3.05) is 26.3 Å². The number of ether oxygens (including phenoxy) is 1. The molecule has 0 spiro atoms. The fraction of sp³-hybridized carbons (Fsp3) is 0.576. The highest BCUT2D eigenvalue weighted by Crippen LogP contribution is 2.45. The first-order chi connectivity index (χ1) is 21.5. The molecule has 0 unspecified atom stereocenters. The zero-order valence-corrected chi connectivity index (χ0v) is 25.6. The van der Waals surface area contributed by atoms with Gasteiger partial charge in [0, 0.05) is 37.2 Å². The Morgan fingerprint density at radius 2 is 1.96 bits per heavy atom. The third-order valence-corrected chi connectivity index (χ3v) is 9.87. The molecule has 12 heteroatoms. The third kappa shape index (κ3) is 5.96. The van der Waals surface area contributed by atoms with Crippen LogP contribution in [-0.2, 0) is 16.2 Å². The summed E-state index contributed by atoms with van der Waals surface area (Å²) in [7, 11) is 0. The Bertz CT molecular complexity index is 1560. The molecule has 1 aromatic heterocycles. The maximum atomic E-state index is 12.7. The van der Waals surface area contributed by atoms with Crippen LogP contribution in [0, 0.1) is 12.8 Å². The summed E-state index contributed by atoms with van der Waals surface area (Å²) < 4.78 is 12.5. The molecule has 0 saturated heterocycles. The van der Waals surface area contributed by atoms with E-state index in [2.05, 4.69) is 4.99 Å². The van der Waals surface area contributed by atoms with Crippen molar-refractivity contribution in [2.45, 2.75) is 88.0 Å². The number of allylic oxidation sites excluding steroid dienone is 1. The second-order valence-corrected chi connectivity index (χ2v) is 12.9. The molecule has 1 aliphatic carbocycles. The molecule has 0 bridgehead atoms. The van der Waals surface area contributed by atoms with Crippen molar-refractivity contribution >= 4 is 17.2 Å². The molecule has 45 heavy (non-hydrogen) atoms. The molecule has 4 heterocycles. The predicted octanol–water partition coefficient (Wildman–Crippen LogP) is 1.67. The lowest BCUT2D eigenvalue weighted by Gasteiger charge is -2.47. The molecule has 4 aliphatic rings. The molecule has 5 N–H and O–H groups in total. The van der Waals surface area contributed by atoms with Crippen molar-refractivity contribution in [2.24, 2.45) is 10.9 Å². The molecule has 0 amide bonds. The predicted molar refractivity (Wildman–Crippen MR) is 164 cm³/mol. The highest BCUT2D eigenvalue weighted by molar-refractivity contribution is 5.80. The van der Waals surface area contributed by atoms with Gasteiger partial charge in [-0.15, -0.1) is 0 Å². The molecule has 244 valence electrons. The van der Waals surface area contributed by atoms with E-state index in [1.807, 2.05) is 13.0 Å². The first-order valence-corrected chi connectivity index (χ1v) is 15.7. The number of rotatable bonds is 11. The minimum atomic E-state index is -2.31. The van der Waals surface area contributed by atoms with Gasteiger partial charge in [-0.25, -0.2) is 9.78 Å². The largest absolute Gasteiger partial charge is 0.484 e. The molecular weight excluding hydrogens is 584 g/mol. The van der Waals surface area contributed by atoms with Gasteiger partial charge in [0.05, 0.1) is 29.9 Å². The highest BCUT2D eigenvalue weighted by Gasteiger charge is 2.51. The van der Waals surface area contributed by atoms with Crippen LogP contribution >= 0.6 is 0 Å². The van der Waals surface area contributed by atoms with E-state index in [4.69, 9.17) is 18.9 Å². The van der Waals surface area contributed by atoms with Crippen molar-refractivity contribution in [3.05, 3.63) is 63.3 Å². The summed E-state index contributed by atoms with van der Waals surface area (Å²) in [5.41, 5.74) is -0.658. The smallest absolute Gasteiger partial charge is 0.192 e. The summed E-state index contributed by atoms with van der Waals surface area (Å²) >= 11 is 0. The Balaban J connectivity index is 1.22. The summed E-state index contributed by atoms with van der Waals surface area (Å²) in [5, 5.41) is 54.0. The molecule has 1 fully saturated rings. The third-order valence-electron chi connectivity index (χ3n) is 9.87. The Kier molecular flexibility index (Phi) is 8.92. The summed E-state index contributed by atoms with van der Waals surface area (Å²) in [6, 6.07) is 4.97. The molecule has 2 aromatic rings. The lowest BCUT2D eigenvalue weighted by molar-refractivity contribution is -0.369. The topological polar surface area (TPSA) is 175 Å². The number of benzene rings is 1. The number of aliphatic imine (C=N–C) groups is 1. The van der Waals surface area contributed by atoms with Crippen LogP contribution in [0.5, 0.6) is 5.75 Å². The van der Waals surface area contributed by atoms with Crippen molar-refractivity contribution in [3.8, 4) is 5.75 Å². The summed E-state index contributed by atoms with van der Waals surface area (Å²) in [6.45, 7) is 2.43. The van der Waals surface area contributed by atoms with E-state index in [1.165, 1.54) is 6.07 Å². The first-order valence-electron chi connectivity index (χ1n) is 15.7. The van der Waals surface area contributed by atoms with E-state index in [-0.39, 0.29) is 17.9 Å². The number of nitrogens with zero attached hydrogens (tertiary/aromatic N) is 2. The average Bonchev–Trinajstić information content (AvgIpc) is 3.65. The second kappa shape index (κ2) is 12.6. The van der Waals surface area contributed by atoms with Crippen molar-refractivity contribution in [1.82, 2.24) is 4.90 Å². The summed E-state index contributed by atoms with van der Waals surface area (Å²) in [4.78, 5) is 30.3. The monoisotopic (exact) mass is 626 g/mol. The van der Waals surface area contributed by atoms with Gasteiger partial charge in [0.1, 0.15) is 59.3 Å². The normalized spacial score (nSPS) is 26.5. The number of aliphatic hydroxyl groups is 5. The van der Waals surface area contributed by atoms with Gasteiger partial charge in [-0.3, -0.25) is 9.79 Å². The zero-order valence-electron chi connectivity index (χ0n) is 25.6. The zero-order chi connectivity index (χ0) is 31.9. The molecule has 6 atom stereocenters. The van der Waals surface area contributed by atoms with Gasteiger partial charge in [-0.1, -0.05) is 19.3 Å². The molecule has 1 aromatic carbocycles. The van der Waals surface area contributed by atoms with E-state index in [9.17, 15) is 30.3 Å². The molecule has 6 rings (SSSR count). The Morgan fingerprint density at radius 3 is 2.71 bits per heavy atom. The van der Waals surface area contributed by atoms with Crippen LogP contribution in [-0.4, -0.2) is 98.6 Å². The van der Waals surface area contributed by atoms with Crippen LogP contribution in [0.4, 0.5) is 0 Å². The Morgan fingerprint density at radius 1 is 1.18 bits per heavy atom. The fourth-order valence-electron chi connectivity index (χ4n) is 7.13. The molecular formula is C33H42N2O10. The van der Waals surface area contributed by atoms with Gasteiger partial charge in [0.25, 0.3) is 0 Å². The van der Waals surface area contributed by atoms with Gasteiger partial charge >= 0.3 is 0 Å². The van der Waals surface area contributed by atoms with Gasteiger partial charge in [-0.05, 0) is 50.5 Å². The lowest BCUT2D eigenvalue weighted by atomic mass is 9.72. The van der Waals surface area contributed by atoms with Crippen LogP contribution in [0.3, 0.4) is 0 Å². The van der Waals surface area contributed by atoms with Crippen LogP contribution < -0.4 is 10.2 Å². The first kappa shape index (κ1) is 31.9. The standard InChI is InChI=1S/C33H42N2O10/c1-19-12-25(37)22-13-20-14-30(32(2,21-6-4-3-5-7-21)44-27(20)15-28(22)43-19)45-42-17-29(39)33(41,31(40)26(38)16-36)18-35-11-9-23-24(35)8-10-34-23/h8-10,12-13,15,21,26,29-31,36,38-41H,3-7,11,14,16-18H2,1-2H3/t26-,29+,30-,31-,32-,33-/m1/s1. The van der Waals surface area contributed by atoms with Crippen molar-refractivity contribution in [3.63, 3.8) is 0 Å². The van der Waals surface area contributed by atoms with Crippen molar-refractivity contribution in [1.29, 1.82) is 0 Å². The second-order valence-electron chi connectivity index (χ2n) is 12.9. The Hall–Kier alpha value is -3.10. The van der Waals surface area contributed by atoms with Gasteiger partial charge in [-0.2, -0.15) is 0 Å². The van der Waals surface area contributed by atoms with Gasteiger partial charge < -0.3 is 39.6 Å². The van der Waals surface area contributed by atoms with E-state index >= 15 is 0 Å². The number of β-amino-alcohol motifs (C(OH)–C–C–N with tert-alkyl or cyclic N) is 1. The molecule has 3 aliphatic heterocycles. The van der Waals surface area contributed by atoms with Gasteiger partial charge in [0.15, 0.2) is 5.43 Å². The molecule has 0 radical (unpaired) electrons. The number of aryl methyl sites for hydroxylation is 1.